The van der Waals surface area contributed by atoms with Crippen LogP contribution in [0.25, 0.3) is 0 Å². The van der Waals surface area contributed by atoms with Crippen molar-refractivity contribution in [2.45, 2.75) is 38.6 Å². The van der Waals surface area contributed by atoms with E-state index in [1.807, 2.05) is 6.92 Å². The normalized spacial score (nSPS) is 17.0. The summed E-state index contributed by atoms with van der Waals surface area (Å²) in [7, 11) is 0. The first-order valence-electron chi connectivity index (χ1n) is 7.95. The van der Waals surface area contributed by atoms with Crippen molar-refractivity contribution in [3.63, 3.8) is 0 Å². The first-order valence-corrected chi connectivity index (χ1v) is 7.95. The van der Waals surface area contributed by atoms with Crippen LogP contribution in [0.15, 0.2) is 24.3 Å². The first-order chi connectivity index (χ1) is 10.7. The van der Waals surface area contributed by atoms with Gasteiger partial charge in [0.2, 0.25) is 5.91 Å². The highest BCUT2D eigenvalue weighted by atomic mass is 35.5. The Morgan fingerprint density at radius 1 is 1.26 bits per heavy atom. The number of Topliss-reactive ketones (excluding diaryl/α,β-unsaturated/α-hetero) is 1. The molecular weight excluding hydrogens is 316 g/mol. The van der Waals surface area contributed by atoms with Gasteiger partial charge in [0.25, 0.3) is 0 Å². The smallest absolute Gasteiger partial charge is 0.220 e. The van der Waals surface area contributed by atoms with Gasteiger partial charge < -0.3 is 15.4 Å². The maximum absolute atomic E-state index is 12.1. The monoisotopic (exact) mass is 340 g/mol. The fraction of sp³-hybridized carbons (Fsp3) is 0.529. The molecule has 0 bridgehead atoms. The van der Waals surface area contributed by atoms with E-state index in [-0.39, 0.29) is 43.0 Å². The predicted molar refractivity (Wildman–Crippen MR) is 92.5 cm³/mol. The zero-order valence-corrected chi connectivity index (χ0v) is 14.3. The summed E-state index contributed by atoms with van der Waals surface area (Å²) in [6.07, 6.45) is 2.56. The van der Waals surface area contributed by atoms with Crippen LogP contribution >= 0.6 is 12.4 Å². The number of ketones is 1. The third kappa shape index (κ3) is 6.59. The van der Waals surface area contributed by atoms with Crippen LogP contribution in [0, 0.1) is 0 Å². The molecule has 1 amide bonds. The highest BCUT2D eigenvalue weighted by Crippen LogP contribution is 2.14. The summed E-state index contributed by atoms with van der Waals surface area (Å²) in [5.41, 5.74) is 0.621. The summed E-state index contributed by atoms with van der Waals surface area (Å²) >= 11 is 0. The van der Waals surface area contributed by atoms with E-state index in [9.17, 15) is 9.59 Å². The van der Waals surface area contributed by atoms with Gasteiger partial charge in [-0.1, -0.05) is 0 Å². The Bertz CT molecular complexity index is 499. The largest absolute Gasteiger partial charge is 0.494 e. The Hall–Kier alpha value is -1.59. The van der Waals surface area contributed by atoms with E-state index < -0.39 is 0 Å². The average Bonchev–Trinajstić information content (AvgIpc) is 2.54. The van der Waals surface area contributed by atoms with Crippen molar-refractivity contribution < 1.29 is 14.3 Å². The van der Waals surface area contributed by atoms with Crippen molar-refractivity contribution in [2.75, 3.05) is 19.7 Å². The minimum Gasteiger partial charge on any atom is -0.494 e. The molecule has 5 nitrogen and oxygen atoms in total. The maximum Gasteiger partial charge on any atom is 0.220 e. The van der Waals surface area contributed by atoms with Crippen LogP contribution in [-0.4, -0.2) is 37.4 Å². The molecule has 0 radical (unpaired) electrons. The number of carbonyl (C=O) groups excluding carboxylic acids is 2. The highest BCUT2D eigenvalue weighted by Gasteiger charge is 2.16. The van der Waals surface area contributed by atoms with Gasteiger partial charge in [-0.3, -0.25) is 9.59 Å². The lowest BCUT2D eigenvalue weighted by molar-refractivity contribution is -0.121. The summed E-state index contributed by atoms with van der Waals surface area (Å²) in [5, 5.41) is 6.23. The standard InChI is InChI=1S/C17H24N2O3.ClH/c1-2-22-15-7-5-13(6-8-15)16(20)9-10-17(21)19-14-4-3-11-18-12-14;/h5-8,14,18H,2-4,9-12H2,1H3,(H,19,21);1H. The minimum atomic E-state index is -0.0482. The fourth-order valence-electron chi connectivity index (χ4n) is 2.55. The number of hydrogen-bond acceptors (Lipinski definition) is 4. The molecule has 1 aliphatic heterocycles. The van der Waals surface area contributed by atoms with Gasteiger partial charge in [-0.25, -0.2) is 0 Å². The van der Waals surface area contributed by atoms with E-state index in [1.54, 1.807) is 24.3 Å². The molecule has 1 aromatic rings. The number of piperidine rings is 1. The number of nitrogens with one attached hydrogen (secondary N) is 2. The molecule has 1 aliphatic rings. The molecule has 0 aromatic heterocycles. The van der Waals surface area contributed by atoms with Crippen LogP contribution in [0.4, 0.5) is 0 Å². The summed E-state index contributed by atoms with van der Waals surface area (Å²) in [4.78, 5) is 24.0. The van der Waals surface area contributed by atoms with E-state index in [4.69, 9.17) is 4.74 Å². The van der Waals surface area contributed by atoms with Crippen molar-refractivity contribution in [1.82, 2.24) is 10.6 Å². The lowest BCUT2D eigenvalue weighted by Crippen LogP contribution is -2.45. The van der Waals surface area contributed by atoms with Crippen molar-refractivity contribution in [1.29, 1.82) is 0 Å². The van der Waals surface area contributed by atoms with Crippen LogP contribution in [0.1, 0.15) is 43.0 Å². The Morgan fingerprint density at radius 2 is 2.00 bits per heavy atom. The van der Waals surface area contributed by atoms with Gasteiger partial charge in [0, 0.05) is 31.0 Å². The minimum absolute atomic E-state index is 0. The van der Waals surface area contributed by atoms with Gasteiger partial charge in [0.05, 0.1) is 6.61 Å². The molecule has 1 fully saturated rings. The second-order valence-electron chi connectivity index (χ2n) is 5.49. The summed E-state index contributed by atoms with van der Waals surface area (Å²) in [6.45, 7) is 4.35. The van der Waals surface area contributed by atoms with Crippen LogP contribution in [0.5, 0.6) is 5.75 Å². The van der Waals surface area contributed by atoms with Gasteiger partial charge in [-0.05, 0) is 50.6 Å². The quantitative estimate of drug-likeness (QED) is 0.748. The molecule has 1 heterocycles. The number of hydrogen-bond donors (Lipinski definition) is 2. The third-order valence-electron chi connectivity index (χ3n) is 3.73. The molecule has 0 aliphatic carbocycles. The van der Waals surface area contributed by atoms with E-state index in [0.29, 0.717) is 12.2 Å². The Kier molecular flexibility index (Phi) is 8.66. The van der Waals surface area contributed by atoms with E-state index in [2.05, 4.69) is 10.6 Å². The Morgan fingerprint density at radius 3 is 2.61 bits per heavy atom. The SMILES string of the molecule is CCOc1ccc(C(=O)CCC(=O)NC2CCCNC2)cc1.Cl. The molecule has 23 heavy (non-hydrogen) atoms. The third-order valence-corrected chi connectivity index (χ3v) is 3.73. The molecule has 1 saturated heterocycles. The zero-order chi connectivity index (χ0) is 15.8. The highest BCUT2D eigenvalue weighted by molar-refractivity contribution is 5.98. The topological polar surface area (TPSA) is 67.4 Å². The van der Waals surface area contributed by atoms with E-state index >= 15 is 0 Å². The van der Waals surface area contributed by atoms with E-state index in [1.165, 1.54) is 0 Å². The van der Waals surface area contributed by atoms with Crippen molar-refractivity contribution in [3.05, 3.63) is 29.8 Å². The molecule has 2 N–H and O–H groups in total. The van der Waals surface area contributed by atoms with Crippen molar-refractivity contribution in [2.24, 2.45) is 0 Å². The first kappa shape index (κ1) is 19.5. The van der Waals surface area contributed by atoms with Crippen LogP contribution < -0.4 is 15.4 Å². The molecule has 6 heteroatoms. The Labute approximate surface area is 143 Å². The van der Waals surface area contributed by atoms with Crippen LogP contribution in [0.2, 0.25) is 0 Å². The molecule has 2 rings (SSSR count). The van der Waals surface area contributed by atoms with Crippen molar-refractivity contribution in [3.8, 4) is 5.75 Å². The molecule has 1 atom stereocenters. The fourth-order valence-corrected chi connectivity index (χ4v) is 2.55. The predicted octanol–water partition coefficient (Wildman–Crippen LogP) is 2.34. The van der Waals surface area contributed by atoms with E-state index in [0.717, 1.165) is 31.7 Å². The molecule has 0 saturated carbocycles. The van der Waals surface area contributed by atoms with Gasteiger partial charge >= 0.3 is 0 Å². The lowest BCUT2D eigenvalue weighted by Gasteiger charge is -2.23. The molecule has 1 aromatic carbocycles. The number of benzene rings is 1. The van der Waals surface area contributed by atoms with Gasteiger partial charge in [0.1, 0.15) is 5.75 Å². The second kappa shape index (κ2) is 10.2. The van der Waals surface area contributed by atoms with Crippen molar-refractivity contribution >= 4 is 24.1 Å². The molecule has 1 unspecified atom stereocenters. The summed E-state index contributed by atoms with van der Waals surface area (Å²) in [6, 6.07) is 7.25. The van der Waals surface area contributed by atoms with Crippen LogP contribution in [0.3, 0.4) is 0 Å². The maximum atomic E-state index is 12.1. The summed E-state index contributed by atoms with van der Waals surface area (Å²) in [5.74, 6) is 0.689. The molecule has 128 valence electrons. The van der Waals surface area contributed by atoms with Gasteiger partial charge in [0.15, 0.2) is 5.78 Å². The Balaban J connectivity index is 0.00000264. The van der Waals surface area contributed by atoms with Gasteiger partial charge in [-0.15, -0.1) is 12.4 Å². The molecular formula is C17H25ClN2O3. The zero-order valence-electron chi connectivity index (χ0n) is 13.5. The average molecular weight is 341 g/mol. The number of halogens is 1. The van der Waals surface area contributed by atoms with Crippen LogP contribution in [-0.2, 0) is 4.79 Å². The number of ether oxygens (including phenoxy) is 1. The second-order valence-corrected chi connectivity index (χ2v) is 5.49. The van der Waals surface area contributed by atoms with Gasteiger partial charge in [-0.2, -0.15) is 0 Å². The number of amides is 1. The summed E-state index contributed by atoms with van der Waals surface area (Å²) < 4.78 is 5.34. The number of carbonyl (C=O) groups is 2. The molecule has 0 spiro atoms. The number of rotatable bonds is 7. The lowest BCUT2D eigenvalue weighted by atomic mass is 10.0.